The first kappa shape index (κ1) is 14.1. The maximum Gasteiger partial charge on any atom is 0.125 e. The molecule has 0 spiro atoms. The van der Waals surface area contributed by atoms with Gasteiger partial charge in [0.2, 0.25) is 0 Å². The number of nitrogens with one attached hydrogen (secondary N) is 2. The van der Waals surface area contributed by atoms with Gasteiger partial charge in [-0.15, -0.1) is 0 Å². The molecule has 3 rings (SSSR count). The second-order valence-electron chi connectivity index (χ2n) is 5.74. The fourth-order valence-corrected chi connectivity index (χ4v) is 2.84. The Balaban J connectivity index is 1.44. The Kier molecular flexibility index (Phi) is 4.90. The van der Waals surface area contributed by atoms with Gasteiger partial charge in [0.05, 0.1) is 6.54 Å². The van der Waals surface area contributed by atoms with E-state index in [2.05, 4.69) is 44.5 Å². The summed E-state index contributed by atoms with van der Waals surface area (Å²) in [5.41, 5.74) is 2.57. The average molecular weight is 284 g/mol. The van der Waals surface area contributed by atoms with E-state index in [4.69, 9.17) is 0 Å². The van der Waals surface area contributed by atoms with Gasteiger partial charge in [0.15, 0.2) is 0 Å². The lowest BCUT2D eigenvalue weighted by Gasteiger charge is -2.26. The van der Waals surface area contributed by atoms with Crippen LogP contribution < -0.4 is 5.32 Å². The minimum atomic E-state index is 0.736. The zero-order valence-electron chi connectivity index (χ0n) is 12.5. The predicted molar refractivity (Wildman–Crippen MR) is 86.4 cm³/mol. The normalized spacial score (nSPS) is 16.0. The van der Waals surface area contributed by atoms with Crippen LogP contribution in [0.5, 0.6) is 0 Å². The number of aromatic amines is 1. The van der Waals surface area contributed by atoms with Crippen molar-refractivity contribution in [3.05, 3.63) is 48.0 Å². The Morgan fingerprint density at radius 3 is 2.62 bits per heavy atom. The lowest BCUT2D eigenvalue weighted by Crippen LogP contribution is -2.31. The van der Waals surface area contributed by atoms with Crippen molar-refractivity contribution in [2.45, 2.75) is 32.2 Å². The Bertz CT molecular complexity index is 512. The van der Waals surface area contributed by atoms with Gasteiger partial charge in [-0.05, 0) is 50.0 Å². The molecular weight excluding hydrogens is 260 g/mol. The summed E-state index contributed by atoms with van der Waals surface area (Å²) in [7, 11) is 0. The lowest BCUT2D eigenvalue weighted by molar-refractivity contribution is 0.231. The van der Waals surface area contributed by atoms with E-state index >= 15 is 0 Å². The van der Waals surface area contributed by atoms with Gasteiger partial charge in [-0.2, -0.15) is 0 Å². The van der Waals surface area contributed by atoms with E-state index in [0.29, 0.717) is 0 Å². The lowest BCUT2D eigenvalue weighted by atomic mass is 10.1. The fourth-order valence-electron chi connectivity index (χ4n) is 2.84. The number of rotatable bonds is 6. The average Bonchev–Trinajstić information content (AvgIpc) is 3.06. The number of likely N-dealkylation sites (tertiary alicyclic amines) is 1. The zero-order valence-corrected chi connectivity index (χ0v) is 12.5. The van der Waals surface area contributed by atoms with E-state index in [1.807, 2.05) is 6.20 Å². The van der Waals surface area contributed by atoms with Crippen LogP contribution in [-0.2, 0) is 13.0 Å². The number of imidazole rings is 1. The summed E-state index contributed by atoms with van der Waals surface area (Å²) in [5.74, 6) is 0.962. The molecule has 0 saturated carbocycles. The maximum absolute atomic E-state index is 4.21. The fraction of sp³-hybridized carbons (Fsp3) is 0.471. The second-order valence-corrected chi connectivity index (χ2v) is 5.74. The van der Waals surface area contributed by atoms with Crippen molar-refractivity contribution in [2.75, 3.05) is 25.0 Å². The number of aromatic nitrogens is 2. The molecule has 0 aliphatic carbocycles. The molecule has 1 fully saturated rings. The largest absolute Gasteiger partial charge is 0.378 e. The van der Waals surface area contributed by atoms with Crippen LogP contribution in [0.4, 0.5) is 5.69 Å². The van der Waals surface area contributed by atoms with Crippen LogP contribution >= 0.6 is 0 Å². The number of hydrogen-bond acceptors (Lipinski definition) is 3. The summed E-state index contributed by atoms with van der Waals surface area (Å²) >= 11 is 0. The van der Waals surface area contributed by atoms with Gasteiger partial charge in [0.25, 0.3) is 0 Å². The van der Waals surface area contributed by atoms with Gasteiger partial charge in [-0.3, -0.25) is 0 Å². The highest BCUT2D eigenvalue weighted by molar-refractivity contribution is 5.44. The van der Waals surface area contributed by atoms with Crippen molar-refractivity contribution in [1.29, 1.82) is 0 Å². The third-order valence-electron chi connectivity index (χ3n) is 4.13. The van der Waals surface area contributed by atoms with Gasteiger partial charge in [-0.25, -0.2) is 4.98 Å². The maximum atomic E-state index is 4.21. The van der Waals surface area contributed by atoms with E-state index in [1.54, 1.807) is 6.20 Å². The van der Waals surface area contributed by atoms with E-state index in [0.717, 1.165) is 24.5 Å². The van der Waals surface area contributed by atoms with E-state index < -0.39 is 0 Å². The first-order valence-electron chi connectivity index (χ1n) is 7.93. The van der Waals surface area contributed by atoms with Gasteiger partial charge < -0.3 is 15.2 Å². The number of anilines is 1. The number of hydrogen-bond donors (Lipinski definition) is 2. The molecule has 2 aromatic rings. The Morgan fingerprint density at radius 2 is 1.90 bits per heavy atom. The number of nitrogens with zero attached hydrogens (tertiary/aromatic N) is 2. The second kappa shape index (κ2) is 7.27. The molecule has 0 unspecified atom stereocenters. The molecule has 112 valence electrons. The number of benzene rings is 1. The zero-order chi connectivity index (χ0) is 14.3. The van der Waals surface area contributed by atoms with Crippen LogP contribution in [0.2, 0.25) is 0 Å². The topological polar surface area (TPSA) is 44.0 Å². The summed E-state index contributed by atoms with van der Waals surface area (Å²) < 4.78 is 0. The highest BCUT2D eigenvalue weighted by atomic mass is 15.1. The summed E-state index contributed by atoms with van der Waals surface area (Å²) in [6.07, 6.45) is 8.93. The molecule has 1 aliphatic heterocycles. The van der Waals surface area contributed by atoms with Gasteiger partial charge in [-0.1, -0.05) is 18.6 Å². The van der Waals surface area contributed by atoms with E-state index in [1.165, 1.54) is 44.5 Å². The molecule has 1 aromatic carbocycles. The number of H-pyrrole nitrogens is 1. The van der Waals surface area contributed by atoms with E-state index in [-0.39, 0.29) is 0 Å². The van der Waals surface area contributed by atoms with Gasteiger partial charge >= 0.3 is 0 Å². The van der Waals surface area contributed by atoms with Crippen molar-refractivity contribution in [2.24, 2.45) is 0 Å². The monoisotopic (exact) mass is 284 g/mol. The third-order valence-corrected chi connectivity index (χ3v) is 4.13. The van der Waals surface area contributed by atoms with Crippen LogP contribution in [0, 0.1) is 0 Å². The van der Waals surface area contributed by atoms with Crippen LogP contribution in [-0.4, -0.2) is 34.5 Å². The SMILES string of the molecule is c1c[nH]c(CNc2ccc(CCN3CCCCC3)cc2)n1. The number of piperidine rings is 1. The highest BCUT2D eigenvalue weighted by Gasteiger charge is 2.09. The summed E-state index contributed by atoms with van der Waals surface area (Å²) in [6, 6.07) is 8.78. The molecule has 0 amide bonds. The van der Waals surface area contributed by atoms with Gasteiger partial charge in [0, 0.05) is 24.6 Å². The van der Waals surface area contributed by atoms with Crippen LogP contribution in [0.15, 0.2) is 36.7 Å². The first-order valence-corrected chi connectivity index (χ1v) is 7.93. The molecule has 0 atom stereocenters. The van der Waals surface area contributed by atoms with Crippen molar-refractivity contribution >= 4 is 5.69 Å². The third kappa shape index (κ3) is 4.33. The van der Waals surface area contributed by atoms with Gasteiger partial charge in [0.1, 0.15) is 5.82 Å². The first-order chi connectivity index (χ1) is 10.4. The molecule has 0 radical (unpaired) electrons. The Morgan fingerprint density at radius 1 is 1.10 bits per heavy atom. The van der Waals surface area contributed by atoms with Crippen molar-refractivity contribution in [3.63, 3.8) is 0 Å². The quantitative estimate of drug-likeness (QED) is 0.857. The Labute approximate surface area is 126 Å². The van der Waals surface area contributed by atoms with Crippen molar-refractivity contribution in [3.8, 4) is 0 Å². The molecule has 4 heteroatoms. The predicted octanol–water partition coefficient (Wildman–Crippen LogP) is 3.05. The molecule has 2 N–H and O–H groups in total. The minimum absolute atomic E-state index is 0.736. The Hall–Kier alpha value is -1.81. The van der Waals surface area contributed by atoms with E-state index in [9.17, 15) is 0 Å². The van der Waals surface area contributed by atoms with Crippen LogP contribution in [0.25, 0.3) is 0 Å². The van der Waals surface area contributed by atoms with Crippen LogP contribution in [0.3, 0.4) is 0 Å². The molecule has 1 saturated heterocycles. The molecule has 1 aromatic heterocycles. The minimum Gasteiger partial charge on any atom is -0.378 e. The molecule has 2 heterocycles. The van der Waals surface area contributed by atoms with Crippen molar-refractivity contribution < 1.29 is 0 Å². The summed E-state index contributed by atoms with van der Waals surface area (Å²) in [6.45, 7) is 4.49. The highest BCUT2D eigenvalue weighted by Crippen LogP contribution is 2.13. The molecule has 4 nitrogen and oxygen atoms in total. The molecule has 0 bridgehead atoms. The molecule has 21 heavy (non-hydrogen) atoms. The molecule has 1 aliphatic rings. The summed E-state index contributed by atoms with van der Waals surface area (Å²) in [5, 5.41) is 3.38. The van der Waals surface area contributed by atoms with Crippen LogP contribution in [0.1, 0.15) is 30.7 Å². The molecular formula is C17H24N4. The smallest absolute Gasteiger partial charge is 0.125 e. The van der Waals surface area contributed by atoms with Crippen molar-refractivity contribution in [1.82, 2.24) is 14.9 Å². The summed E-state index contributed by atoms with van der Waals surface area (Å²) in [4.78, 5) is 9.89. The standard InChI is InChI=1S/C17H24N4/c1-2-11-21(12-3-1)13-8-15-4-6-16(7-5-15)20-14-17-18-9-10-19-17/h4-7,9-10,20H,1-3,8,11-14H2,(H,18,19).